The first kappa shape index (κ1) is 11.3. The fraction of sp³-hybridized carbons (Fsp3) is 0.250. The van der Waals surface area contributed by atoms with Crippen LogP contribution in [0, 0.1) is 0 Å². The molecular formula is C12H14O3. The molecule has 1 unspecified atom stereocenters. The Hall–Kier alpha value is -1.77. The van der Waals surface area contributed by atoms with Gasteiger partial charge in [0.2, 0.25) is 0 Å². The minimum absolute atomic E-state index is 0.0600. The number of carbonyl (C=O) groups excluding carboxylic acids is 1. The first-order chi connectivity index (χ1) is 7.15. The van der Waals surface area contributed by atoms with Crippen molar-refractivity contribution >= 4 is 5.97 Å². The van der Waals surface area contributed by atoms with Crippen LogP contribution in [0.1, 0.15) is 24.2 Å². The summed E-state index contributed by atoms with van der Waals surface area (Å²) in [6.07, 6.45) is 3.28. The normalized spacial score (nSPS) is 12.7. The van der Waals surface area contributed by atoms with Gasteiger partial charge in [-0.25, -0.2) is 4.79 Å². The molecule has 0 fully saturated rings. The van der Waals surface area contributed by atoms with E-state index in [2.05, 4.69) is 0 Å². The van der Waals surface area contributed by atoms with Gasteiger partial charge < -0.3 is 9.84 Å². The monoisotopic (exact) mass is 206 g/mol. The van der Waals surface area contributed by atoms with Gasteiger partial charge in [-0.2, -0.15) is 0 Å². The number of hydrogen-bond donors (Lipinski definition) is 1. The molecule has 1 N–H and O–H groups in total. The molecule has 0 amide bonds. The zero-order chi connectivity index (χ0) is 11.3. The average molecular weight is 206 g/mol. The van der Waals surface area contributed by atoms with E-state index in [0.29, 0.717) is 0 Å². The summed E-state index contributed by atoms with van der Waals surface area (Å²) in [5.74, 6) is -0.575. The maximum Gasteiger partial charge on any atom is 0.342 e. The van der Waals surface area contributed by atoms with Crippen LogP contribution in [0.15, 0.2) is 36.4 Å². The molecule has 15 heavy (non-hydrogen) atoms. The summed E-state index contributed by atoms with van der Waals surface area (Å²) in [4.78, 5) is 11.5. The highest BCUT2D eigenvalue weighted by Crippen LogP contribution is 2.17. The average Bonchev–Trinajstić information content (AvgIpc) is 2.18. The van der Waals surface area contributed by atoms with Crippen molar-refractivity contribution in [1.82, 2.24) is 0 Å². The lowest BCUT2D eigenvalue weighted by Gasteiger charge is -2.09. The van der Waals surface area contributed by atoms with Gasteiger partial charge in [0.15, 0.2) is 0 Å². The van der Waals surface area contributed by atoms with Crippen LogP contribution in [0.2, 0.25) is 0 Å². The van der Waals surface area contributed by atoms with Gasteiger partial charge in [0.25, 0.3) is 0 Å². The number of aromatic hydroxyl groups is 1. The Kier molecular flexibility index (Phi) is 3.92. The minimum atomic E-state index is -0.515. The second kappa shape index (κ2) is 5.20. The molecule has 1 atom stereocenters. The van der Waals surface area contributed by atoms with E-state index in [4.69, 9.17) is 4.74 Å². The molecule has 0 saturated heterocycles. The van der Waals surface area contributed by atoms with Crippen LogP contribution >= 0.6 is 0 Å². The smallest absolute Gasteiger partial charge is 0.342 e. The maximum absolute atomic E-state index is 11.5. The second-order valence-corrected chi connectivity index (χ2v) is 3.15. The lowest BCUT2D eigenvalue weighted by Crippen LogP contribution is -2.12. The van der Waals surface area contributed by atoms with Crippen molar-refractivity contribution in [3.05, 3.63) is 42.0 Å². The molecule has 0 aliphatic heterocycles. The van der Waals surface area contributed by atoms with E-state index in [1.54, 1.807) is 25.1 Å². The van der Waals surface area contributed by atoms with Crippen LogP contribution in [0.5, 0.6) is 5.75 Å². The zero-order valence-corrected chi connectivity index (χ0v) is 8.81. The van der Waals surface area contributed by atoms with Gasteiger partial charge in [-0.1, -0.05) is 18.2 Å². The van der Waals surface area contributed by atoms with Gasteiger partial charge in [0.1, 0.15) is 17.4 Å². The Morgan fingerprint density at radius 3 is 2.73 bits per heavy atom. The van der Waals surface area contributed by atoms with Crippen molar-refractivity contribution in [2.75, 3.05) is 0 Å². The molecule has 1 aromatic carbocycles. The first-order valence-corrected chi connectivity index (χ1v) is 4.77. The van der Waals surface area contributed by atoms with E-state index in [1.807, 2.05) is 13.0 Å². The second-order valence-electron chi connectivity index (χ2n) is 3.15. The fourth-order valence-electron chi connectivity index (χ4n) is 1.19. The molecule has 0 aliphatic carbocycles. The van der Waals surface area contributed by atoms with Crippen molar-refractivity contribution in [2.45, 2.75) is 20.0 Å². The van der Waals surface area contributed by atoms with E-state index in [-0.39, 0.29) is 17.4 Å². The third kappa shape index (κ3) is 3.13. The van der Waals surface area contributed by atoms with Crippen LogP contribution in [0.25, 0.3) is 0 Å². The highest BCUT2D eigenvalue weighted by atomic mass is 16.5. The number of phenolic OH excluding ortho intramolecular Hbond substituents is 1. The lowest BCUT2D eigenvalue weighted by molar-refractivity contribution is 0.0421. The van der Waals surface area contributed by atoms with E-state index < -0.39 is 5.97 Å². The third-order valence-electron chi connectivity index (χ3n) is 1.88. The van der Waals surface area contributed by atoms with Crippen LogP contribution in [0.4, 0.5) is 0 Å². The van der Waals surface area contributed by atoms with Gasteiger partial charge >= 0.3 is 5.97 Å². The quantitative estimate of drug-likeness (QED) is 0.610. The number of allylic oxidation sites excluding steroid dienone is 1. The van der Waals surface area contributed by atoms with Gasteiger partial charge in [-0.3, -0.25) is 0 Å². The number of para-hydroxylation sites is 1. The van der Waals surface area contributed by atoms with E-state index in [1.165, 1.54) is 12.1 Å². The Morgan fingerprint density at radius 2 is 2.13 bits per heavy atom. The molecule has 0 heterocycles. The summed E-state index contributed by atoms with van der Waals surface area (Å²) < 4.78 is 5.07. The largest absolute Gasteiger partial charge is 0.507 e. The summed E-state index contributed by atoms with van der Waals surface area (Å²) in [5.41, 5.74) is 0.189. The van der Waals surface area contributed by atoms with Crippen LogP contribution in [0.3, 0.4) is 0 Å². The van der Waals surface area contributed by atoms with Crippen LogP contribution in [-0.4, -0.2) is 17.2 Å². The van der Waals surface area contributed by atoms with Gasteiger partial charge in [0.05, 0.1) is 0 Å². The molecular weight excluding hydrogens is 192 g/mol. The van der Waals surface area contributed by atoms with Crippen molar-refractivity contribution in [3.63, 3.8) is 0 Å². The molecule has 0 saturated carbocycles. The molecule has 3 heteroatoms. The van der Waals surface area contributed by atoms with Gasteiger partial charge in [-0.05, 0) is 32.1 Å². The molecule has 0 bridgehead atoms. The number of phenols is 1. The van der Waals surface area contributed by atoms with E-state index in [9.17, 15) is 9.90 Å². The number of esters is 1. The Labute approximate surface area is 89.0 Å². The molecule has 0 radical (unpaired) electrons. The highest BCUT2D eigenvalue weighted by molar-refractivity contribution is 5.92. The summed E-state index contributed by atoms with van der Waals surface area (Å²) in [5, 5.41) is 9.40. The molecule has 80 valence electrons. The Morgan fingerprint density at radius 1 is 1.47 bits per heavy atom. The standard InChI is InChI=1S/C12H14O3/c1-3-6-9(2)15-12(14)10-7-4-5-8-11(10)13/h3-9,13H,1-2H3/b6-3+. The van der Waals surface area contributed by atoms with Crippen LogP contribution in [-0.2, 0) is 4.74 Å². The van der Waals surface area contributed by atoms with Crippen molar-refractivity contribution in [1.29, 1.82) is 0 Å². The zero-order valence-electron chi connectivity index (χ0n) is 8.81. The minimum Gasteiger partial charge on any atom is -0.507 e. The van der Waals surface area contributed by atoms with Gasteiger partial charge in [0, 0.05) is 0 Å². The molecule has 0 aliphatic rings. The number of benzene rings is 1. The maximum atomic E-state index is 11.5. The number of hydrogen-bond acceptors (Lipinski definition) is 3. The molecule has 1 aromatic rings. The SMILES string of the molecule is C/C=C/C(C)OC(=O)c1ccccc1O. The highest BCUT2D eigenvalue weighted by Gasteiger charge is 2.13. The topological polar surface area (TPSA) is 46.5 Å². The summed E-state index contributed by atoms with van der Waals surface area (Å²) in [6, 6.07) is 6.31. The summed E-state index contributed by atoms with van der Waals surface area (Å²) >= 11 is 0. The van der Waals surface area contributed by atoms with Crippen LogP contribution < -0.4 is 0 Å². The predicted octanol–water partition coefficient (Wildman–Crippen LogP) is 2.51. The van der Waals surface area contributed by atoms with Crippen molar-refractivity contribution in [3.8, 4) is 5.75 Å². The van der Waals surface area contributed by atoms with Crippen molar-refractivity contribution in [2.24, 2.45) is 0 Å². The lowest BCUT2D eigenvalue weighted by atomic mass is 10.2. The Bertz CT molecular complexity index is 369. The van der Waals surface area contributed by atoms with Crippen molar-refractivity contribution < 1.29 is 14.6 Å². The molecule has 3 nitrogen and oxygen atoms in total. The summed E-state index contributed by atoms with van der Waals surface area (Å²) in [6.45, 7) is 3.61. The number of rotatable bonds is 3. The fourth-order valence-corrected chi connectivity index (χ4v) is 1.19. The third-order valence-corrected chi connectivity index (χ3v) is 1.88. The molecule has 0 aromatic heterocycles. The van der Waals surface area contributed by atoms with E-state index in [0.717, 1.165) is 0 Å². The predicted molar refractivity (Wildman–Crippen MR) is 57.8 cm³/mol. The number of carbonyl (C=O) groups is 1. The molecule has 0 spiro atoms. The molecule has 1 rings (SSSR count). The van der Waals surface area contributed by atoms with Gasteiger partial charge in [-0.15, -0.1) is 0 Å². The Balaban J connectivity index is 2.74. The van der Waals surface area contributed by atoms with E-state index >= 15 is 0 Å². The first-order valence-electron chi connectivity index (χ1n) is 4.77. The summed E-state index contributed by atoms with van der Waals surface area (Å²) in [7, 11) is 0. The number of ether oxygens (including phenoxy) is 1.